The number of hydrogen-bond acceptors (Lipinski definition) is 3. The fourth-order valence-corrected chi connectivity index (χ4v) is 3.58. The molecule has 3 aliphatic rings. The zero-order chi connectivity index (χ0) is 13.5. The summed E-state index contributed by atoms with van der Waals surface area (Å²) in [5, 5.41) is 3.64. The summed E-state index contributed by atoms with van der Waals surface area (Å²) in [4.78, 5) is 14.6. The average molecular weight is 266 g/mol. The molecule has 1 atom stereocenters. The number of amides is 1. The highest BCUT2D eigenvalue weighted by molar-refractivity contribution is 5.91. The molecule has 4 nitrogen and oxygen atoms in total. The van der Waals surface area contributed by atoms with Gasteiger partial charge in [0.15, 0.2) is 0 Å². The second-order valence-corrected chi connectivity index (χ2v) is 6.63. The van der Waals surface area contributed by atoms with E-state index in [2.05, 4.69) is 10.2 Å². The molecule has 1 N–H and O–H groups in total. The van der Waals surface area contributed by atoms with E-state index in [0.717, 1.165) is 19.4 Å². The van der Waals surface area contributed by atoms with E-state index in [4.69, 9.17) is 4.74 Å². The summed E-state index contributed by atoms with van der Waals surface area (Å²) in [6.07, 6.45) is 7.73. The van der Waals surface area contributed by atoms with Crippen molar-refractivity contribution >= 4 is 5.91 Å². The lowest BCUT2D eigenvalue weighted by molar-refractivity contribution is -0.132. The molecule has 19 heavy (non-hydrogen) atoms. The van der Waals surface area contributed by atoms with E-state index in [9.17, 15) is 4.79 Å². The minimum absolute atomic E-state index is 0.176. The highest BCUT2D eigenvalue weighted by atomic mass is 16.5. The Bertz CT molecular complexity index is 346. The van der Waals surface area contributed by atoms with Gasteiger partial charge in [-0.3, -0.25) is 10.1 Å². The van der Waals surface area contributed by atoms with Crippen molar-refractivity contribution in [2.75, 3.05) is 13.2 Å². The number of nitrogens with zero attached hydrogens (tertiary/aromatic N) is 1. The van der Waals surface area contributed by atoms with Crippen LogP contribution in [0.4, 0.5) is 0 Å². The van der Waals surface area contributed by atoms with Crippen LogP contribution in [-0.2, 0) is 9.53 Å². The van der Waals surface area contributed by atoms with E-state index in [1.165, 1.54) is 25.7 Å². The van der Waals surface area contributed by atoms with Gasteiger partial charge in [-0.1, -0.05) is 12.8 Å². The molecule has 3 fully saturated rings. The number of rotatable bonds is 5. The van der Waals surface area contributed by atoms with Crippen molar-refractivity contribution < 1.29 is 9.53 Å². The zero-order valence-corrected chi connectivity index (χ0v) is 12.2. The van der Waals surface area contributed by atoms with Crippen molar-refractivity contribution in [2.24, 2.45) is 5.92 Å². The molecule has 2 aliphatic carbocycles. The normalized spacial score (nSPS) is 29.9. The molecule has 1 aliphatic heterocycles. The summed E-state index contributed by atoms with van der Waals surface area (Å²) in [7, 11) is 0. The van der Waals surface area contributed by atoms with Gasteiger partial charge in [-0.2, -0.15) is 0 Å². The Balaban J connectivity index is 1.64. The van der Waals surface area contributed by atoms with E-state index in [0.29, 0.717) is 18.4 Å². The third-order valence-electron chi connectivity index (χ3n) is 4.81. The van der Waals surface area contributed by atoms with Crippen molar-refractivity contribution in [3.63, 3.8) is 0 Å². The Labute approximate surface area is 115 Å². The molecule has 0 radical (unpaired) electrons. The molecular formula is C15H26N2O2. The summed E-state index contributed by atoms with van der Waals surface area (Å²) in [6.45, 7) is 5.49. The van der Waals surface area contributed by atoms with Gasteiger partial charge in [0.05, 0.1) is 24.4 Å². The van der Waals surface area contributed by atoms with Gasteiger partial charge >= 0.3 is 0 Å². The Morgan fingerprint density at radius 3 is 2.63 bits per heavy atom. The van der Waals surface area contributed by atoms with E-state index >= 15 is 0 Å². The van der Waals surface area contributed by atoms with Crippen LogP contribution in [0.1, 0.15) is 52.4 Å². The Morgan fingerprint density at radius 1 is 1.37 bits per heavy atom. The third-order valence-corrected chi connectivity index (χ3v) is 4.81. The fourth-order valence-electron chi connectivity index (χ4n) is 3.58. The number of ether oxygens (including phenoxy) is 1. The van der Waals surface area contributed by atoms with Gasteiger partial charge in [-0.15, -0.1) is 0 Å². The van der Waals surface area contributed by atoms with Crippen molar-refractivity contribution in [1.82, 2.24) is 10.2 Å². The Morgan fingerprint density at radius 2 is 2.05 bits per heavy atom. The first-order chi connectivity index (χ1) is 9.12. The third kappa shape index (κ3) is 2.52. The van der Waals surface area contributed by atoms with E-state index in [1.807, 2.05) is 13.8 Å². The van der Waals surface area contributed by atoms with Gasteiger partial charge in [0.2, 0.25) is 5.91 Å². The molecule has 1 unspecified atom stereocenters. The Hall–Kier alpha value is -0.610. The summed E-state index contributed by atoms with van der Waals surface area (Å²) >= 11 is 0. The lowest BCUT2D eigenvalue weighted by Crippen LogP contribution is -2.44. The van der Waals surface area contributed by atoms with Crippen molar-refractivity contribution in [3.05, 3.63) is 0 Å². The van der Waals surface area contributed by atoms with E-state index in [1.54, 1.807) is 0 Å². The van der Waals surface area contributed by atoms with Gasteiger partial charge in [-0.25, -0.2) is 0 Å². The molecule has 1 heterocycles. The topological polar surface area (TPSA) is 41.6 Å². The van der Waals surface area contributed by atoms with Crippen LogP contribution in [-0.4, -0.2) is 41.8 Å². The van der Waals surface area contributed by atoms with Gasteiger partial charge in [-0.05, 0) is 45.4 Å². The van der Waals surface area contributed by atoms with Crippen LogP contribution >= 0.6 is 0 Å². The smallest absolute Gasteiger partial charge is 0.244 e. The second-order valence-electron chi connectivity index (χ2n) is 6.63. The van der Waals surface area contributed by atoms with Crippen LogP contribution in [0.15, 0.2) is 0 Å². The number of hydrogen-bond donors (Lipinski definition) is 1. The van der Waals surface area contributed by atoms with E-state index < -0.39 is 0 Å². The van der Waals surface area contributed by atoms with Crippen LogP contribution < -0.4 is 5.32 Å². The maximum atomic E-state index is 12.5. The molecule has 0 bridgehead atoms. The maximum Gasteiger partial charge on any atom is 0.244 e. The van der Waals surface area contributed by atoms with Gasteiger partial charge in [0, 0.05) is 6.54 Å². The summed E-state index contributed by atoms with van der Waals surface area (Å²) in [5.41, 5.74) is -0.176. The van der Waals surface area contributed by atoms with Gasteiger partial charge < -0.3 is 9.64 Å². The first kappa shape index (κ1) is 13.4. The predicted octanol–water partition coefficient (Wildman–Crippen LogP) is 1.89. The van der Waals surface area contributed by atoms with Gasteiger partial charge in [0.1, 0.15) is 0 Å². The highest BCUT2D eigenvalue weighted by Gasteiger charge is 2.60. The van der Waals surface area contributed by atoms with Crippen LogP contribution in [0, 0.1) is 5.92 Å². The summed E-state index contributed by atoms with van der Waals surface area (Å²) in [5.74, 6) is 0.986. The quantitative estimate of drug-likeness (QED) is 0.826. The lowest BCUT2D eigenvalue weighted by Gasteiger charge is -2.29. The molecule has 0 aromatic rings. The minimum Gasteiger partial charge on any atom is -0.377 e. The first-order valence-corrected chi connectivity index (χ1v) is 7.83. The highest BCUT2D eigenvalue weighted by Crippen LogP contribution is 2.45. The summed E-state index contributed by atoms with van der Waals surface area (Å²) < 4.78 is 5.63. The standard InChI is InChI=1S/C15H26N2O2/c1-11(2)19-10-9-17-13(12-5-3-4-6-12)16-15(7-8-15)14(17)18/h11-13,16H,3-10H2,1-2H3. The monoisotopic (exact) mass is 266 g/mol. The molecule has 3 rings (SSSR count). The molecule has 0 aromatic heterocycles. The second kappa shape index (κ2) is 5.06. The van der Waals surface area contributed by atoms with Gasteiger partial charge in [0.25, 0.3) is 0 Å². The lowest BCUT2D eigenvalue weighted by atomic mass is 10.0. The SMILES string of the molecule is CC(C)OCCN1C(=O)C2(CC2)NC1C1CCCC1. The van der Waals surface area contributed by atoms with Crippen LogP contribution in [0.25, 0.3) is 0 Å². The number of carbonyl (C=O) groups excluding carboxylic acids is 1. The number of nitrogens with one attached hydrogen (secondary N) is 1. The molecular weight excluding hydrogens is 240 g/mol. The van der Waals surface area contributed by atoms with Crippen molar-refractivity contribution in [1.29, 1.82) is 0 Å². The van der Waals surface area contributed by atoms with Crippen LogP contribution in [0.3, 0.4) is 0 Å². The number of carbonyl (C=O) groups is 1. The molecule has 1 saturated heterocycles. The maximum absolute atomic E-state index is 12.5. The molecule has 1 spiro atoms. The van der Waals surface area contributed by atoms with Crippen molar-refractivity contribution in [2.45, 2.75) is 70.2 Å². The molecule has 1 amide bonds. The summed E-state index contributed by atoms with van der Waals surface area (Å²) in [6, 6.07) is 0. The van der Waals surface area contributed by atoms with E-state index in [-0.39, 0.29) is 17.8 Å². The average Bonchev–Trinajstić information content (AvgIpc) is 2.84. The fraction of sp³-hybridized carbons (Fsp3) is 0.933. The van der Waals surface area contributed by atoms with Crippen LogP contribution in [0.5, 0.6) is 0 Å². The molecule has 4 heteroatoms. The minimum atomic E-state index is -0.176. The molecule has 0 aromatic carbocycles. The largest absolute Gasteiger partial charge is 0.377 e. The first-order valence-electron chi connectivity index (χ1n) is 7.83. The molecule has 108 valence electrons. The molecule has 2 saturated carbocycles. The van der Waals surface area contributed by atoms with Crippen LogP contribution in [0.2, 0.25) is 0 Å². The zero-order valence-electron chi connectivity index (χ0n) is 12.2. The predicted molar refractivity (Wildman–Crippen MR) is 73.6 cm³/mol. The Kier molecular flexibility index (Phi) is 3.56. The van der Waals surface area contributed by atoms with Crippen molar-refractivity contribution in [3.8, 4) is 0 Å².